The first-order chi connectivity index (χ1) is 8.72. The topological polar surface area (TPSA) is 54.6 Å². The van der Waals surface area contributed by atoms with E-state index in [1.807, 2.05) is 12.4 Å². The highest BCUT2D eigenvalue weighted by Crippen LogP contribution is 2.43. The average Bonchev–Trinajstić information content (AvgIpc) is 2.64. The summed E-state index contributed by atoms with van der Waals surface area (Å²) in [4.78, 5) is 0. The number of hydrogen-bond donors (Lipinski definition) is 2. The summed E-state index contributed by atoms with van der Waals surface area (Å²) in [6.45, 7) is 13.7. The molecule has 4 nitrogen and oxygen atoms in total. The lowest BCUT2D eigenvalue weighted by atomic mass is 10.2. The molecule has 0 aliphatic rings. The van der Waals surface area contributed by atoms with Gasteiger partial charge in [0.15, 0.2) is 8.24 Å². The molecule has 108 valence electrons. The van der Waals surface area contributed by atoms with Crippen LogP contribution in [0.5, 0.6) is 5.75 Å². The Morgan fingerprint density at radius 1 is 1.05 bits per heavy atom. The number of aromatic nitrogens is 1. The summed E-state index contributed by atoms with van der Waals surface area (Å²) in [5.41, 5.74) is 1.77. The molecule has 0 amide bonds. The summed E-state index contributed by atoms with van der Waals surface area (Å²) in [6, 6.07) is 1.80. The van der Waals surface area contributed by atoms with Gasteiger partial charge in [-0.1, -0.05) is 41.5 Å². The van der Waals surface area contributed by atoms with Crippen LogP contribution in [0.15, 0.2) is 18.5 Å². The van der Waals surface area contributed by atoms with E-state index in [0.717, 1.165) is 0 Å². The van der Waals surface area contributed by atoms with Crippen molar-refractivity contribution in [2.24, 2.45) is 0 Å². The quantitative estimate of drug-likeness (QED) is 0.789. The van der Waals surface area contributed by atoms with Crippen LogP contribution in [0.4, 0.5) is 0 Å². The summed E-state index contributed by atoms with van der Waals surface area (Å²) in [6.07, 6.45) is 3.93. The van der Waals surface area contributed by atoms with Crippen molar-refractivity contribution in [3.05, 3.63) is 18.5 Å². The minimum Gasteiger partial charge on any atom is -0.511 e. The fourth-order valence-corrected chi connectivity index (χ4v) is 10.2. The lowest BCUT2D eigenvalue weighted by molar-refractivity contribution is 0.288. The molecule has 1 heterocycles. The second kappa shape index (κ2) is 6.16. The summed E-state index contributed by atoms with van der Waals surface area (Å²) >= 11 is 0. The van der Waals surface area contributed by atoms with Crippen LogP contribution in [0.25, 0.3) is 0 Å². The van der Waals surface area contributed by atoms with Crippen molar-refractivity contribution in [3.8, 4) is 5.75 Å². The highest BCUT2D eigenvalue weighted by Gasteiger charge is 2.45. The van der Waals surface area contributed by atoms with Gasteiger partial charge in [-0.25, -0.2) is 0 Å². The van der Waals surface area contributed by atoms with Crippen molar-refractivity contribution in [2.45, 2.75) is 58.2 Å². The molecule has 0 saturated carbocycles. The van der Waals surface area contributed by atoms with Crippen LogP contribution in [0.2, 0.25) is 16.6 Å². The first-order valence-corrected chi connectivity index (χ1v) is 9.12. The van der Waals surface area contributed by atoms with Crippen molar-refractivity contribution in [3.63, 3.8) is 0 Å². The van der Waals surface area contributed by atoms with Crippen LogP contribution in [0.3, 0.4) is 0 Å². The van der Waals surface area contributed by atoms with E-state index in [1.54, 1.807) is 6.07 Å². The first kappa shape index (κ1) is 16.3. The molecule has 19 heavy (non-hydrogen) atoms. The minimum absolute atomic E-state index is 0.508. The van der Waals surface area contributed by atoms with Crippen molar-refractivity contribution in [2.75, 3.05) is 0 Å². The molecule has 0 spiro atoms. The maximum absolute atomic E-state index is 8.88. The van der Waals surface area contributed by atoms with Gasteiger partial charge in [0.1, 0.15) is 5.75 Å². The third kappa shape index (κ3) is 3.07. The monoisotopic (exact) mass is 283 g/mol. The van der Waals surface area contributed by atoms with E-state index >= 15 is 0 Å². The standard InChI is InChI=1S/C13H26BNO3Si/c1-10(2)19(11(3)4,12(5)6)15-8-7-13(9-15)18-14(16)17/h7-12,16-17H,1-6H3. The molecule has 0 aromatic carbocycles. The molecule has 0 bridgehead atoms. The maximum atomic E-state index is 8.88. The Morgan fingerprint density at radius 2 is 1.53 bits per heavy atom. The molecule has 0 atom stereocenters. The van der Waals surface area contributed by atoms with Gasteiger partial charge in [0.25, 0.3) is 0 Å². The van der Waals surface area contributed by atoms with Gasteiger partial charge in [-0.3, -0.25) is 0 Å². The Labute approximate surface area is 117 Å². The van der Waals surface area contributed by atoms with E-state index in [-0.39, 0.29) is 0 Å². The molecule has 0 unspecified atom stereocenters. The maximum Gasteiger partial charge on any atom is 0.707 e. The van der Waals surface area contributed by atoms with Crippen LogP contribution in [-0.2, 0) is 0 Å². The van der Waals surface area contributed by atoms with Gasteiger partial charge in [0.05, 0.1) is 0 Å². The Kier molecular flexibility index (Phi) is 5.29. The van der Waals surface area contributed by atoms with Gasteiger partial charge in [-0.05, 0) is 28.9 Å². The second-order valence-corrected chi connectivity index (χ2v) is 11.8. The smallest absolute Gasteiger partial charge is 0.511 e. The zero-order valence-corrected chi connectivity index (χ0v) is 13.8. The molecule has 2 N–H and O–H groups in total. The lowest BCUT2D eigenvalue weighted by Gasteiger charge is -2.44. The predicted octanol–water partition coefficient (Wildman–Crippen LogP) is 2.86. The Bertz CT molecular complexity index is 383. The van der Waals surface area contributed by atoms with Gasteiger partial charge in [-0.2, -0.15) is 0 Å². The molecule has 0 saturated heterocycles. The van der Waals surface area contributed by atoms with E-state index < -0.39 is 15.6 Å². The van der Waals surface area contributed by atoms with Crippen LogP contribution < -0.4 is 4.65 Å². The van der Waals surface area contributed by atoms with E-state index in [2.05, 4.69) is 45.8 Å². The Balaban J connectivity index is 3.22. The van der Waals surface area contributed by atoms with Crippen molar-refractivity contribution >= 4 is 15.6 Å². The fourth-order valence-electron chi connectivity index (χ4n) is 3.70. The van der Waals surface area contributed by atoms with Crippen molar-refractivity contribution in [1.29, 1.82) is 0 Å². The second-order valence-electron chi connectivity index (χ2n) is 6.05. The van der Waals surface area contributed by atoms with Crippen LogP contribution >= 0.6 is 0 Å². The molecule has 1 rings (SSSR count). The van der Waals surface area contributed by atoms with Crippen LogP contribution in [-0.4, -0.2) is 29.8 Å². The molecule has 0 aliphatic heterocycles. The van der Waals surface area contributed by atoms with E-state index in [9.17, 15) is 0 Å². The van der Waals surface area contributed by atoms with E-state index in [0.29, 0.717) is 22.4 Å². The normalized spacial score (nSPS) is 12.6. The summed E-state index contributed by atoms with van der Waals surface area (Å²) in [5.74, 6) is 0.508. The van der Waals surface area contributed by atoms with E-state index in [4.69, 9.17) is 14.7 Å². The van der Waals surface area contributed by atoms with Crippen molar-refractivity contribution < 1.29 is 14.7 Å². The Morgan fingerprint density at radius 3 is 1.89 bits per heavy atom. The number of rotatable bonds is 6. The van der Waals surface area contributed by atoms with Crippen LogP contribution in [0, 0.1) is 0 Å². The zero-order chi connectivity index (χ0) is 14.8. The number of hydrogen-bond acceptors (Lipinski definition) is 3. The molecule has 6 heteroatoms. The molecule has 1 aromatic rings. The largest absolute Gasteiger partial charge is 0.707 e. The van der Waals surface area contributed by atoms with Gasteiger partial charge in [-0.15, -0.1) is 0 Å². The highest BCUT2D eigenvalue weighted by molar-refractivity contribution is 6.82. The average molecular weight is 283 g/mol. The molecular weight excluding hydrogens is 257 g/mol. The molecule has 0 fully saturated rings. The molecule has 0 aliphatic carbocycles. The third-order valence-electron chi connectivity index (χ3n) is 4.13. The lowest BCUT2D eigenvalue weighted by Crippen LogP contribution is -2.51. The predicted molar refractivity (Wildman–Crippen MR) is 81.7 cm³/mol. The first-order valence-electron chi connectivity index (χ1n) is 6.94. The van der Waals surface area contributed by atoms with Gasteiger partial charge >= 0.3 is 7.32 Å². The zero-order valence-electron chi connectivity index (χ0n) is 12.8. The van der Waals surface area contributed by atoms with Gasteiger partial charge < -0.3 is 18.9 Å². The SMILES string of the molecule is CC(C)[Si](C(C)C)(C(C)C)n1ccc(OB(O)O)c1. The van der Waals surface area contributed by atoms with Crippen LogP contribution in [0.1, 0.15) is 41.5 Å². The summed E-state index contributed by atoms with van der Waals surface area (Å²) < 4.78 is 7.24. The Hall–Kier alpha value is -0.718. The van der Waals surface area contributed by atoms with E-state index in [1.165, 1.54) is 0 Å². The van der Waals surface area contributed by atoms with Crippen molar-refractivity contribution in [1.82, 2.24) is 4.23 Å². The van der Waals surface area contributed by atoms with Gasteiger partial charge in [0, 0.05) is 6.20 Å². The molecule has 1 aromatic heterocycles. The fraction of sp³-hybridized carbons (Fsp3) is 0.692. The molecular formula is C13H26BNO3Si. The summed E-state index contributed by atoms with van der Waals surface area (Å²) in [5, 5.41) is 17.8. The van der Waals surface area contributed by atoms with Gasteiger partial charge in [0.2, 0.25) is 0 Å². The number of nitrogens with zero attached hydrogens (tertiary/aromatic N) is 1. The molecule has 0 radical (unpaired) electrons. The minimum atomic E-state index is -1.76. The third-order valence-corrected chi connectivity index (χ3v) is 10.9. The summed E-state index contributed by atoms with van der Waals surface area (Å²) in [7, 11) is -3.52. The highest BCUT2D eigenvalue weighted by atomic mass is 28.3.